The van der Waals surface area contributed by atoms with Gasteiger partial charge in [-0.2, -0.15) is 0 Å². The minimum atomic E-state index is -0.582. The number of aryl methyl sites for hydroxylation is 1. The Morgan fingerprint density at radius 3 is 2.75 bits per heavy atom. The van der Waals surface area contributed by atoms with Gasteiger partial charge in [-0.15, -0.1) is 0 Å². The van der Waals surface area contributed by atoms with Crippen LogP contribution in [0.3, 0.4) is 0 Å². The zero-order chi connectivity index (χ0) is 14.9. The highest BCUT2D eigenvalue weighted by molar-refractivity contribution is 5.84. The van der Waals surface area contributed by atoms with Crippen LogP contribution in [0, 0.1) is 13.8 Å². The Bertz CT molecular complexity index is 494. The molecule has 5 nitrogen and oxygen atoms in total. The number of primary amides is 1. The number of hydrogen-bond donors (Lipinski definition) is 2. The second-order valence-electron chi connectivity index (χ2n) is 6.32. The van der Waals surface area contributed by atoms with Crippen LogP contribution in [0.5, 0.6) is 0 Å². The highest BCUT2D eigenvalue weighted by Gasteiger charge is 2.42. The van der Waals surface area contributed by atoms with E-state index in [0.717, 1.165) is 31.4 Å². The van der Waals surface area contributed by atoms with Crippen molar-refractivity contribution in [3.63, 3.8) is 0 Å². The topological polar surface area (TPSA) is 72.9 Å². The van der Waals surface area contributed by atoms with E-state index in [2.05, 4.69) is 35.6 Å². The normalized spacial score (nSPS) is 26.9. The number of nitrogens with zero attached hydrogens (tertiary/aromatic N) is 2. The summed E-state index contributed by atoms with van der Waals surface area (Å²) in [6.45, 7) is 8.21. The summed E-state index contributed by atoms with van der Waals surface area (Å²) in [6, 6.07) is 0.538. The largest absolute Gasteiger partial charge is 0.368 e. The van der Waals surface area contributed by atoms with Crippen molar-refractivity contribution in [2.45, 2.75) is 71.0 Å². The molecule has 2 atom stereocenters. The fourth-order valence-corrected chi connectivity index (χ4v) is 3.35. The second kappa shape index (κ2) is 5.56. The molecule has 0 radical (unpaired) electrons. The number of nitrogens with one attached hydrogen (secondary N) is 1. The second-order valence-corrected chi connectivity index (χ2v) is 6.32. The van der Waals surface area contributed by atoms with Crippen molar-refractivity contribution in [2.24, 2.45) is 5.73 Å². The molecule has 112 valence electrons. The fourth-order valence-electron chi connectivity index (χ4n) is 3.35. The van der Waals surface area contributed by atoms with Crippen LogP contribution in [0.25, 0.3) is 0 Å². The summed E-state index contributed by atoms with van der Waals surface area (Å²) in [5.41, 5.74) is 7.36. The minimum Gasteiger partial charge on any atom is -0.368 e. The molecule has 1 aromatic rings. The zero-order valence-electron chi connectivity index (χ0n) is 12.9. The lowest BCUT2D eigenvalue weighted by atomic mass is 9.77. The quantitative estimate of drug-likeness (QED) is 0.882. The van der Waals surface area contributed by atoms with Gasteiger partial charge in [-0.05, 0) is 53.4 Å². The van der Waals surface area contributed by atoms with E-state index in [0.29, 0.717) is 6.04 Å². The maximum atomic E-state index is 12.0. The van der Waals surface area contributed by atoms with Gasteiger partial charge in [-0.3, -0.25) is 4.79 Å². The Morgan fingerprint density at radius 2 is 2.25 bits per heavy atom. The molecule has 0 bridgehead atoms. The van der Waals surface area contributed by atoms with Crippen molar-refractivity contribution in [2.75, 3.05) is 0 Å². The molecule has 2 unspecified atom stereocenters. The van der Waals surface area contributed by atoms with Gasteiger partial charge < -0.3 is 15.6 Å². The predicted molar refractivity (Wildman–Crippen MR) is 79.4 cm³/mol. The van der Waals surface area contributed by atoms with Crippen molar-refractivity contribution in [3.05, 3.63) is 17.7 Å². The number of carbonyl (C=O) groups excluding carboxylic acids is 1. The Kier molecular flexibility index (Phi) is 4.18. The fraction of sp³-hybridized carbons (Fsp3) is 0.733. The molecular weight excluding hydrogens is 252 g/mol. The van der Waals surface area contributed by atoms with Crippen molar-refractivity contribution in [1.29, 1.82) is 0 Å². The molecule has 1 fully saturated rings. The van der Waals surface area contributed by atoms with Crippen molar-refractivity contribution < 1.29 is 4.79 Å². The highest BCUT2D eigenvalue weighted by atomic mass is 16.1. The van der Waals surface area contributed by atoms with Crippen molar-refractivity contribution in [1.82, 2.24) is 14.9 Å². The first-order chi connectivity index (χ1) is 9.35. The zero-order valence-corrected chi connectivity index (χ0v) is 12.9. The number of aromatic nitrogens is 2. The number of carbonyl (C=O) groups is 1. The molecule has 1 saturated carbocycles. The first-order valence-electron chi connectivity index (χ1n) is 7.43. The molecule has 0 aromatic carbocycles. The van der Waals surface area contributed by atoms with Gasteiger partial charge in [0.25, 0.3) is 0 Å². The van der Waals surface area contributed by atoms with Gasteiger partial charge in [0.1, 0.15) is 0 Å². The Balaban J connectivity index is 2.26. The highest BCUT2D eigenvalue weighted by Crippen LogP contribution is 2.36. The summed E-state index contributed by atoms with van der Waals surface area (Å²) >= 11 is 0. The lowest BCUT2D eigenvalue weighted by Crippen LogP contribution is -2.59. The van der Waals surface area contributed by atoms with E-state index in [4.69, 9.17) is 5.73 Å². The summed E-state index contributed by atoms with van der Waals surface area (Å²) in [5, 5.41) is 3.41. The van der Waals surface area contributed by atoms with Gasteiger partial charge in [0.15, 0.2) is 0 Å². The van der Waals surface area contributed by atoms with Crippen LogP contribution in [0.15, 0.2) is 6.33 Å². The van der Waals surface area contributed by atoms with E-state index in [1.54, 1.807) is 0 Å². The molecule has 1 amide bonds. The third-order valence-corrected chi connectivity index (χ3v) is 4.44. The van der Waals surface area contributed by atoms with E-state index in [9.17, 15) is 4.79 Å². The van der Waals surface area contributed by atoms with E-state index in [1.807, 2.05) is 13.3 Å². The first kappa shape index (κ1) is 15.0. The van der Waals surface area contributed by atoms with Crippen LogP contribution in [-0.2, 0) is 4.79 Å². The van der Waals surface area contributed by atoms with Gasteiger partial charge >= 0.3 is 0 Å². The Hall–Kier alpha value is -1.36. The monoisotopic (exact) mass is 278 g/mol. The minimum absolute atomic E-state index is 0.231. The molecule has 5 heteroatoms. The van der Waals surface area contributed by atoms with Crippen LogP contribution in [0.4, 0.5) is 0 Å². The molecule has 3 N–H and O–H groups in total. The van der Waals surface area contributed by atoms with Gasteiger partial charge in [0.05, 0.1) is 17.6 Å². The maximum absolute atomic E-state index is 12.0. The standard InChI is InChI=1S/C15H26N4O/c1-10(2)18-15(14(16)20)7-5-6-13(8-15)19-9-17-11(3)12(19)4/h9-10,13,18H,5-8H2,1-4H3,(H2,16,20). The average molecular weight is 278 g/mol. The third kappa shape index (κ3) is 2.73. The van der Waals surface area contributed by atoms with Crippen molar-refractivity contribution >= 4 is 5.91 Å². The van der Waals surface area contributed by atoms with Crippen molar-refractivity contribution in [3.8, 4) is 0 Å². The number of nitrogens with two attached hydrogens (primary N) is 1. The van der Waals surface area contributed by atoms with E-state index in [-0.39, 0.29) is 11.9 Å². The summed E-state index contributed by atoms with van der Waals surface area (Å²) < 4.78 is 2.20. The lowest BCUT2D eigenvalue weighted by molar-refractivity contribution is -0.126. The smallest absolute Gasteiger partial charge is 0.237 e. The number of imidazole rings is 1. The average Bonchev–Trinajstić information content (AvgIpc) is 2.69. The van der Waals surface area contributed by atoms with Crippen LogP contribution in [-0.4, -0.2) is 27.0 Å². The molecule has 1 heterocycles. The number of hydrogen-bond acceptors (Lipinski definition) is 3. The molecule has 2 rings (SSSR count). The van der Waals surface area contributed by atoms with Crippen LogP contribution in [0.2, 0.25) is 0 Å². The van der Waals surface area contributed by atoms with E-state index < -0.39 is 5.54 Å². The Labute approximate surface area is 120 Å². The predicted octanol–water partition coefficient (Wildman–Crippen LogP) is 1.84. The van der Waals surface area contributed by atoms with E-state index >= 15 is 0 Å². The maximum Gasteiger partial charge on any atom is 0.237 e. The molecule has 1 aromatic heterocycles. The molecule has 1 aliphatic rings. The van der Waals surface area contributed by atoms with Crippen LogP contribution < -0.4 is 11.1 Å². The molecule has 20 heavy (non-hydrogen) atoms. The Morgan fingerprint density at radius 1 is 1.55 bits per heavy atom. The molecule has 0 aliphatic heterocycles. The van der Waals surface area contributed by atoms with Gasteiger partial charge in [-0.25, -0.2) is 4.98 Å². The molecule has 1 aliphatic carbocycles. The lowest BCUT2D eigenvalue weighted by Gasteiger charge is -2.41. The van der Waals surface area contributed by atoms with Gasteiger partial charge in [-0.1, -0.05) is 0 Å². The third-order valence-electron chi connectivity index (χ3n) is 4.44. The SMILES string of the molecule is Cc1ncn(C2CCCC(NC(C)C)(C(N)=O)C2)c1C. The molecule has 0 spiro atoms. The first-order valence-corrected chi connectivity index (χ1v) is 7.43. The van der Waals surface area contributed by atoms with Gasteiger partial charge in [0, 0.05) is 17.8 Å². The number of rotatable bonds is 4. The summed E-state index contributed by atoms with van der Waals surface area (Å²) in [5.74, 6) is -0.231. The molecule has 0 saturated heterocycles. The summed E-state index contributed by atoms with van der Waals surface area (Å²) in [7, 11) is 0. The summed E-state index contributed by atoms with van der Waals surface area (Å²) in [6.07, 6.45) is 5.54. The van der Waals surface area contributed by atoms with Gasteiger partial charge in [0.2, 0.25) is 5.91 Å². The van der Waals surface area contributed by atoms with Crippen LogP contribution >= 0.6 is 0 Å². The van der Waals surface area contributed by atoms with Crippen LogP contribution in [0.1, 0.15) is 57.0 Å². The molecular formula is C15H26N4O. The summed E-state index contributed by atoms with van der Waals surface area (Å²) in [4.78, 5) is 16.4. The van der Waals surface area contributed by atoms with E-state index in [1.165, 1.54) is 5.69 Å². The number of amides is 1.